The summed E-state index contributed by atoms with van der Waals surface area (Å²) in [6, 6.07) is 0.232. The van der Waals surface area contributed by atoms with Crippen LogP contribution in [-0.4, -0.2) is 62.4 Å². The van der Waals surface area contributed by atoms with Crippen LogP contribution >= 0.6 is 0 Å². The summed E-state index contributed by atoms with van der Waals surface area (Å²) in [5.41, 5.74) is 0.359. The molecule has 1 saturated heterocycles. The van der Waals surface area contributed by atoms with Crippen molar-refractivity contribution in [2.45, 2.75) is 51.9 Å². The smallest absolute Gasteiger partial charge is 0.410 e. The molecular weight excluding hydrogens is 286 g/mol. The van der Waals surface area contributed by atoms with Crippen molar-refractivity contribution in [3.8, 4) is 0 Å². The third kappa shape index (κ3) is 4.96. The van der Waals surface area contributed by atoms with E-state index in [0.717, 1.165) is 12.1 Å². The predicted molar refractivity (Wildman–Crippen MR) is 80.2 cm³/mol. The summed E-state index contributed by atoms with van der Waals surface area (Å²) in [6.45, 7) is 8.03. The van der Waals surface area contributed by atoms with E-state index in [2.05, 4.69) is 15.6 Å². The fourth-order valence-corrected chi connectivity index (χ4v) is 2.30. The monoisotopic (exact) mass is 311 g/mol. The number of nitrogens with one attached hydrogen (secondary N) is 1. The molecular formula is C14H25N5O3. The maximum absolute atomic E-state index is 12.0. The first-order chi connectivity index (χ1) is 10.4. The zero-order valence-electron chi connectivity index (χ0n) is 13.4. The van der Waals surface area contributed by atoms with Crippen LogP contribution in [0.1, 0.15) is 32.9 Å². The van der Waals surface area contributed by atoms with Gasteiger partial charge in [0.2, 0.25) is 0 Å². The molecule has 8 heteroatoms. The Morgan fingerprint density at radius 3 is 3.00 bits per heavy atom. The second-order valence-corrected chi connectivity index (χ2v) is 6.49. The minimum Gasteiger partial charge on any atom is -0.444 e. The Morgan fingerprint density at radius 2 is 2.32 bits per heavy atom. The van der Waals surface area contributed by atoms with Gasteiger partial charge >= 0.3 is 6.09 Å². The van der Waals surface area contributed by atoms with Crippen molar-refractivity contribution in [2.24, 2.45) is 0 Å². The van der Waals surface area contributed by atoms with Crippen molar-refractivity contribution >= 4 is 6.09 Å². The second-order valence-electron chi connectivity index (χ2n) is 6.49. The lowest BCUT2D eigenvalue weighted by Gasteiger charge is -2.24. The molecule has 0 bridgehead atoms. The molecule has 1 aromatic heterocycles. The summed E-state index contributed by atoms with van der Waals surface area (Å²) in [5.74, 6) is 0. The van der Waals surface area contributed by atoms with Gasteiger partial charge in [-0.25, -0.2) is 9.48 Å². The van der Waals surface area contributed by atoms with Gasteiger partial charge < -0.3 is 20.1 Å². The zero-order chi connectivity index (χ0) is 16.2. The van der Waals surface area contributed by atoms with Gasteiger partial charge in [0.1, 0.15) is 5.60 Å². The average molecular weight is 311 g/mol. The lowest BCUT2D eigenvalue weighted by atomic mass is 10.2. The summed E-state index contributed by atoms with van der Waals surface area (Å²) >= 11 is 0. The molecule has 0 aromatic carbocycles. The SMILES string of the molecule is CC(C)(C)OC(=O)N1CCC(NCc2cn(CCO)nn2)C1. The van der Waals surface area contributed by atoms with E-state index in [1.807, 2.05) is 27.0 Å². The highest BCUT2D eigenvalue weighted by Crippen LogP contribution is 2.15. The Balaban J connectivity index is 1.75. The molecule has 8 nitrogen and oxygen atoms in total. The number of likely N-dealkylation sites (tertiary alicyclic amines) is 1. The van der Waals surface area contributed by atoms with Crippen molar-refractivity contribution in [3.63, 3.8) is 0 Å². The van der Waals surface area contributed by atoms with E-state index >= 15 is 0 Å². The number of rotatable bonds is 5. The number of aromatic nitrogens is 3. The summed E-state index contributed by atoms with van der Waals surface area (Å²) in [7, 11) is 0. The third-order valence-electron chi connectivity index (χ3n) is 3.33. The van der Waals surface area contributed by atoms with Crippen molar-refractivity contribution in [2.75, 3.05) is 19.7 Å². The van der Waals surface area contributed by atoms with Crippen LogP contribution < -0.4 is 5.32 Å². The molecule has 2 heterocycles. The maximum atomic E-state index is 12.0. The molecule has 1 aromatic rings. The normalized spacial score (nSPS) is 18.7. The molecule has 2 N–H and O–H groups in total. The first-order valence-corrected chi connectivity index (χ1v) is 7.58. The van der Waals surface area contributed by atoms with Crippen molar-refractivity contribution in [1.29, 1.82) is 0 Å². The summed E-state index contributed by atoms with van der Waals surface area (Å²) in [6.07, 6.45) is 2.44. The van der Waals surface area contributed by atoms with E-state index in [4.69, 9.17) is 9.84 Å². The Kier molecular flexibility index (Phi) is 5.36. The number of hydrogen-bond donors (Lipinski definition) is 2. The van der Waals surface area contributed by atoms with Crippen molar-refractivity contribution in [3.05, 3.63) is 11.9 Å². The highest BCUT2D eigenvalue weighted by molar-refractivity contribution is 5.68. The maximum Gasteiger partial charge on any atom is 0.410 e. The number of hydrogen-bond acceptors (Lipinski definition) is 6. The van der Waals surface area contributed by atoms with E-state index in [1.54, 1.807) is 9.58 Å². The summed E-state index contributed by atoms with van der Waals surface area (Å²) in [5, 5.41) is 20.2. The number of carbonyl (C=O) groups excluding carboxylic acids is 1. The molecule has 1 fully saturated rings. The van der Waals surface area contributed by atoms with Crippen molar-refractivity contribution in [1.82, 2.24) is 25.2 Å². The van der Waals surface area contributed by atoms with Crippen LogP contribution in [-0.2, 0) is 17.8 Å². The molecule has 1 unspecified atom stereocenters. The van der Waals surface area contributed by atoms with Gasteiger partial charge in [-0.15, -0.1) is 5.10 Å². The van der Waals surface area contributed by atoms with Gasteiger partial charge in [-0.3, -0.25) is 0 Å². The molecule has 1 amide bonds. The fourth-order valence-electron chi connectivity index (χ4n) is 2.30. The molecule has 1 aliphatic heterocycles. The van der Waals surface area contributed by atoms with Gasteiger partial charge in [0.05, 0.1) is 18.8 Å². The highest BCUT2D eigenvalue weighted by atomic mass is 16.6. The van der Waals surface area contributed by atoms with Crippen LogP contribution in [0.5, 0.6) is 0 Å². The number of nitrogens with zero attached hydrogens (tertiary/aromatic N) is 4. The molecule has 0 aliphatic carbocycles. The number of aliphatic hydroxyl groups is 1. The van der Waals surface area contributed by atoms with Crippen LogP contribution in [0.4, 0.5) is 4.79 Å². The van der Waals surface area contributed by atoms with Crippen LogP contribution in [0.25, 0.3) is 0 Å². The van der Waals surface area contributed by atoms with E-state index in [0.29, 0.717) is 26.2 Å². The molecule has 124 valence electrons. The topological polar surface area (TPSA) is 92.5 Å². The minimum absolute atomic E-state index is 0.0453. The minimum atomic E-state index is -0.464. The Morgan fingerprint density at radius 1 is 1.55 bits per heavy atom. The predicted octanol–water partition coefficient (Wildman–Crippen LogP) is 0.369. The number of ether oxygens (including phenoxy) is 1. The summed E-state index contributed by atoms with van der Waals surface area (Å²) < 4.78 is 6.98. The van der Waals surface area contributed by atoms with Gasteiger partial charge in [0.15, 0.2) is 0 Å². The van der Waals surface area contributed by atoms with Crippen molar-refractivity contribution < 1.29 is 14.6 Å². The lowest BCUT2D eigenvalue weighted by molar-refractivity contribution is 0.0291. The van der Waals surface area contributed by atoms with Gasteiger partial charge in [-0.05, 0) is 27.2 Å². The lowest BCUT2D eigenvalue weighted by Crippen LogP contribution is -2.38. The van der Waals surface area contributed by atoms with Crippen LogP contribution in [0, 0.1) is 0 Å². The standard InChI is InChI=1S/C14H25N5O3/c1-14(2,3)22-13(21)18-5-4-11(9-18)15-8-12-10-19(6-7-20)17-16-12/h10-11,15,20H,4-9H2,1-3H3. The third-order valence-corrected chi connectivity index (χ3v) is 3.33. The van der Waals surface area contributed by atoms with Gasteiger partial charge in [0.25, 0.3) is 0 Å². The largest absolute Gasteiger partial charge is 0.444 e. The number of aliphatic hydroxyl groups excluding tert-OH is 1. The van der Waals surface area contributed by atoms with Crippen LogP contribution in [0.2, 0.25) is 0 Å². The molecule has 0 radical (unpaired) electrons. The zero-order valence-corrected chi connectivity index (χ0v) is 13.4. The van der Waals surface area contributed by atoms with E-state index in [1.165, 1.54) is 0 Å². The number of carbonyl (C=O) groups is 1. The molecule has 0 spiro atoms. The summed E-state index contributed by atoms with van der Waals surface area (Å²) in [4.78, 5) is 13.7. The van der Waals surface area contributed by atoms with Gasteiger partial charge in [-0.1, -0.05) is 5.21 Å². The Labute approximate surface area is 130 Å². The van der Waals surface area contributed by atoms with E-state index in [9.17, 15) is 4.79 Å². The van der Waals surface area contributed by atoms with Crippen LogP contribution in [0.15, 0.2) is 6.20 Å². The van der Waals surface area contributed by atoms with Gasteiger partial charge in [-0.2, -0.15) is 0 Å². The fraction of sp³-hybridized carbons (Fsp3) is 0.786. The first-order valence-electron chi connectivity index (χ1n) is 7.58. The average Bonchev–Trinajstić information content (AvgIpc) is 3.03. The molecule has 2 rings (SSSR count). The highest BCUT2D eigenvalue weighted by Gasteiger charge is 2.29. The van der Waals surface area contributed by atoms with Crippen LogP contribution in [0.3, 0.4) is 0 Å². The van der Waals surface area contributed by atoms with E-state index < -0.39 is 5.60 Å². The second kappa shape index (κ2) is 7.06. The quantitative estimate of drug-likeness (QED) is 0.816. The molecule has 1 atom stereocenters. The Bertz CT molecular complexity index is 497. The molecule has 22 heavy (non-hydrogen) atoms. The van der Waals surface area contributed by atoms with E-state index in [-0.39, 0.29) is 18.7 Å². The van der Waals surface area contributed by atoms with Gasteiger partial charge in [0, 0.05) is 31.9 Å². The Hall–Kier alpha value is -1.67. The number of amides is 1. The molecule has 0 saturated carbocycles. The molecule has 1 aliphatic rings. The first kappa shape index (κ1) is 16.7.